The van der Waals surface area contributed by atoms with Crippen molar-refractivity contribution in [1.82, 2.24) is 19.9 Å². The average molecular weight is 288 g/mol. The molecule has 20 heavy (non-hydrogen) atoms. The summed E-state index contributed by atoms with van der Waals surface area (Å²) in [4.78, 5) is 26.4. The van der Waals surface area contributed by atoms with Crippen LogP contribution in [0.2, 0.25) is 0 Å². The highest BCUT2D eigenvalue weighted by Gasteiger charge is 2.25. The number of thiazole rings is 1. The molecule has 1 aliphatic heterocycles. The van der Waals surface area contributed by atoms with Crippen LogP contribution in [0.4, 0.5) is 0 Å². The lowest BCUT2D eigenvalue weighted by molar-refractivity contribution is -0.130. The Kier molecular flexibility index (Phi) is 3.73. The molecule has 0 spiro atoms. The van der Waals surface area contributed by atoms with E-state index in [4.69, 9.17) is 0 Å². The standard InChI is InChI=1S/C14H16N4OS/c1-10(19)18-6-2-3-11(8-18)14-17-13(9-20-14)12-7-15-4-5-16-12/h4-5,7,9,11H,2-3,6,8H2,1H3. The number of amides is 1. The van der Waals surface area contributed by atoms with Crippen molar-refractivity contribution in [2.45, 2.75) is 25.7 Å². The molecule has 0 radical (unpaired) electrons. The van der Waals surface area contributed by atoms with E-state index in [9.17, 15) is 4.79 Å². The van der Waals surface area contributed by atoms with Gasteiger partial charge in [-0.1, -0.05) is 0 Å². The first-order chi connectivity index (χ1) is 9.74. The van der Waals surface area contributed by atoms with Crippen LogP contribution in [0.5, 0.6) is 0 Å². The summed E-state index contributed by atoms with van der Waals surface area (Å²) in [5.41, 5.74) is 1.67. The van der Waals surface area contributed by atoms with Crippen LogP contribution in [0.1, 0.15) is 30.7 Å². The molecule has 1 aliphatic rings. The van der Waals surface area contributed by atoms with Gasteiger partial charge in [-0.2, -0.15) is 0 Å². The Bertz CT molecular complexity index is 598. The Labute approximate surface area is 121 Å². The number of aromatic nitrogens is 3. The minimum Gasteiger partial charge on any atom is -0.342 e. The summed E-state index contributed by atoms with van der Waals surface area (Å²) in [7, 11) is 0. The van der Waals surface area contributed by atoms with E-state index in [1.807, 2.05) is 10.3 Å². The van der Waals surface area contributed by atoms with Gasteiger partial charge < -0.3 is 4.90 Å². The molecular weight excluding hydrogens is 272 g/mol. The Morgan fingerprint density at radius 3 is 3.05 bits per heavy atom. The van der Waals surface area contributed by atoms with Gasteiger partial charge in [-0.05, 0) is 12.8 Å². The predicted octanol–water partition coefficient (Wildman–Crippen LogP) is 2.33. The smallest absolute Gasteiger partial charge is 0.219 e. The summed E-state index contributed by atoms with van der Waals surface area (Å²) in [6, 6.07) is 0. The van der Waals surface area contributed by atoms with E-state index >= 15 is 0 Å². The van der Waals surface area contributed by atoms with Gasteiger partial charge in [0.05, 0.1) is 11.2 Å². The largest absolute Gasteiger partial charge is 0.342 e. The van der Waals surface area contributed by atoms with Crippen molar-refractivity contribution in [3.05, 3.63) is 29.0 Å². The van der Waals surface area contributed by atoms with Gasteiger partial charge in [0, 0.05) is 43.7 Å². The number of hydrogen-bond acceptors (Lipinski definition) is 5. The number of piperidine rings is 1. The fraction of sp³-hybridized carbons (Fsp3) is 0.429. The lowest BCUT2D eigenvalue weighted by Crippen LogP contribution is -2.37. The quantitative estimate of drug-likeness (QED) is 0.851. The molecule has 1 amide bonds. The number of carbonyl (C=O) groups is 1. The van der Waals surface area contributed by atoms with E-state index in [-0.39, 0.29) is 5.91 Å². The highest BCUT2D eigenvalue weighted by molar-refractivity contribution is 7.10. The molecule has 6 heteroatoms. The van der Waals surface area contributed by atoms with Gasteiger partial charge in [-0.25, -0.2) is 4.98 Å². The maximum Gasteiger partial charge on any atom is 0.219 e. The Hall–Kier alpha value is -1.82. The third-order valence-corrected chi connectivity index (χ3v) is 4.57. The molecule has 0 aromatic carbocycles. The second-order valence-electron chi connectivity index (χ2n) is 4.97. The minimum atomic E-state index is 0.153. The molecule has 0 saturated carbocycles. The van der Waals surface area contributed by atoms with Crippen molar-refractivity contribution in [3.8, 4) is 11.4 Å². The van der Waals surface area contributed by atoms with Crippen molar-refractivity contribution < 1.29 is 4.79 Å². The van der Waals surface area contributed by atoms with Gasteiger partial charge in [0.25, 0.3) is 0 Å². The van der Waals surface area contributed by atoms with Gasteiger partial charge in [0.2, 0.25) is 5.91 Å². The van der Waals surface area contributed by atoms with E-state index in [0.717, 1.165) is 42.3 Å². The van der Waals surface area contributed by atoms with Crippen molar-refractivity contribution in [3.63, 3.8) is 0 Å². The molecule has 5 nitrogen and oxygen atoms in total. The molecule has 1 fully saturated rings. The Morgan fingerprint density at radius 2 is 2.30 bits per heavy atom. The molecule has 104 valence electrons. The van der Waals surface area contributed by atoms with Gasteiger partial charge in [0.1, 0.15) is 11.4 Å². The summed E-state index contributed by atoms with van der Waals surface area (Å²) in [6.07, 6.45) is 7.19. The molecule has 3 heterocycles. The van der Waals surface area contributed by atoms with Gasteiger partial charge in [-0.3, -0.25) is 14.8 Å². The van der Waals surface area contributed by atoms with Crippen LogP contribution in [0.25, 0.3) is 11.4 Å². The van der Waals surface area contributed by atoms with Gasteiger partial charge in [-0.15, -0.1) is 11.3 Å². The van der Waals surface area contributed by atoms with Crippen LogP contribution in [-0.4, -0.2) is 38.8 Å². The van der Waals surface area contributed by atoms with Crippen LogP contribution >= 0.6 is 11.3 Å². The zero-order valence-corrected chi connectivity index (χ0v) is 12.1. The van der Waals surface area contributed by atoms with Crippen molar-refractivity contribution in [1.29, 1.82) is 0 Å². The summed E-state index contributed by atoms with van der Waals surface area (Å²) < 4.78 is 0. The molecule has 0 aliphatic carbocycles. The second kappa shape index (κ2) is 5.66. The van der Waals surface area contributed by atoms with Crippen LogP contribution in [0.15, 0.2) is 24.0 Å². The molecule has 0 N–H and O–H groups in total. The van der Waals surface area contributed by atoms with E-state index < -0.39 is 0 Å². The first-order valence-corrected chi connectivity index (χ1v) is 7.59. The van der Waals surface area contributed by atoms with E-state index in [1.165, 1.54) is 0 Å². The molecule has 2 aromatic rings. The molecule has 1 unspecified atom stereocenters. The second-order valence-corrected chi connectivity index (χ2v) is 5.86. The molecular formula is C14H16N4OS. The topological polar surface area (TPSA) is 59.0 Å². The predicted molar refractivity (Wildman–Crippen MR) is 77.4 cm³/mol. The van der Waals surface area contributed by atoms with Crippen molar-refractivity contribution in [2.75, 3.05) is 13.1 Å². The highest BCUT2D eigenvalue weighted by atomic mass is 32.1. The minimum absolute atomic E-state index is 0.153. The van der Waals surface area contributed by atoms with Crippen LogP contribution in [-0.2, 0) is 4.79 Å². The normalized spacial score (nSPS) is 19.1. The zero-order chi connectivity index (χ0) is 13.9. The number of nitrogens with zero attached hydrogens (tertiary/aromatic N) is 4. The monoisotopic (exact) mass is 288 g/mol. The summed E-state index contributed by atoms with van der Waals surface area (Å²) in [5, 5.41) is 3.11. The molecule has 1 saturated heterocycles. The SMILES string of the molecule is CC(=O)N1CCCC(c2nc(-c3cnccn3)cs2)C1. The average Bonchev–Trinajstić information content (AvgIpc) is 2.98. The number of rotatable bonds is 2. The number of carbonyl (C=O) groups excluding carboxylic acids is 1. The lowest BCUT2D eigenvalue weighted by atomic mass is 9.99. The fourth-order valence-electron chi connectivity index (χ4n) is 2.49. The number of hydrogen-bond donors (Lipinski definition) is 0. The fourth-order valence-corrected chi connectivity index (χ4v) is 3.43. The van der Waals surface area contributed by atoms with E-state index in [1.54, 1.807) is 36.9 Å². The molecule has 1 atom stereocenters. The van der Waals surface area contributed by atoms with Crippen LogP contribution in [0.3, 0.4) is 0 Å². The summed E-state index contributed by atoms with van der Waals surface area (Å²) in [5.74, 6) is 0.503. The molecule has 3 rings (SSSR count). The van der Waals surface area contributed by atoms with Crippen molar-refractivity contribution >= 4 is 17.2 Å². The number of likely N-dealkylation sites (tertiary alicyclic amines) is 1. The molecule has 2 aromatic heterocycles. The Balaban J connectivity index is 1.78. The third kappa shape index (κ3) is 2.70. The highest BCUT2D eigenvalue weighted by Crippen LogP contribution is 2.31. The van der Waals surface area contributed by atoms with E-state index in [0.29, 0.717) is 5.92 Å². The van der Waals surface area contributed by atoms with Crippen LogP contribution in [0, 0.1) is 0 Å². The Morgan fingerprint density at radius 1 is 1.40 bits per heavy atom. The maximum absolute atomic E-state index is 11.5. The van der Waals surface area contributed by atoms with Crippen LogP contribution < -0.4 is 0 Å². The lowest BCUT2D eigenvalue weighted by Gasteiger charge is -2.30. The van der Waals surface area contributed by atoms with Gasteiger partial charge in [0.15, 0.2) is 0 Å². The van der Waals surface area contributed by atoms with E-state index in [2.05, 4.69) is 15.0 Å². The third-order valence-electron chi connectivity index (χ3n) is 3.56. The zero-order valence-electron chi connectivity index (χ0n) is 11.3. The maximum atomic E-state index is 11.5. The summed E-state index contributed by atoms with van der Waals surface area (Å²) in [6.45, 7) is 3.28. The van der Waals surface area contributed by atoms with Crippen molar-refractivity contribution in [2.24, 2.45) is 0 Å². The summed E-state index contributed by atoms with van der Waals surface area (Å²) >= 11 is 1.65. The first-order valence-electron chi connectivity index (χ1n) is 6.71. The van der Waals surface area contributed by atoms with Gasteiger partial charge >= 0.3 is 0 Å². The molecule has 0 bridgehead atoms. The first kappa shape index (κ1) is 13.2.